The van der Waals surface area contributed by atoms with Gasteiger partial charge in [-0.25, -0.2) is 8.78 Å². The number of aryl methyl sites for hydroxylation is 1. The second-order valence-corrected chi connectivity index (χ2v) is 4.47. The summed E-state index contributed by atoms with van der Waals surface area (Å²) < 4.78 is 26.5. The number of benzene rings is 2. The fraction of sp³-hybridized carbons (Fsp3) is 0.0714. The first-order valence-electron chi connectivity index (χ1n) is 5.50. The van der Waals surface area contributed by atoms with Crippen LogP contribution >= 0.6 is 11.6 Å². The Labute approximate surface area is 114 Å². The summed E-state index contributed by atoms with van der Waals surface area (Å²) in [5.41, 5.74) is 0.884. The van der Waals surface area contributed by atoms with Crippen molar-refractivity contribution in [2.75, 3.05) is 5.32 Å². The number of carbonyl (C=O) groups excluding carboxylic acids is 1. The molecule has 0 aliphatic heterocycles. The van der Waals surface area contributed by atoms with Crippen LogP contribution in [-0.2, 0) is 0 Å². The van der Waals surface area contributed by atoms with E-state index in [1.165, 1.54) is 18.2 Å². The predicted molar refractivity (Wildman–Crippen MR) is 70.5 cm³/mol. The quantitative estimate of drug-likeness (QED) is 0.879. The molecule has 0 atom stereocenters. The van der Waals surface area contributed by atoms with Crippen molar-refractivity contribution >= 4 is 23.2 Å². The summed E-state index contributed by atoms with van der Waals surface area (Å²) in [5.74, 6) is -1.66. The van der Waals surface area contributed by atoms with Crippen molar-refractivity contribution in [1.82, 2.24) is 0 Å². The van der Waals surface area contributed by atoms with Gasteiger partial charge in [0.15, 0.2) is 0 Å². The van der Waals surface area contributed by atoms with Crippen LogP contribution in [0.25, 0.3) is 0 Å². The summed E-state index contributed by atoms with van der Waals surface area (Å²) in [4.78, 5) is 11.9. The molecule has 1 amide bonds. The van der Waals surface area contributed by atoms with Crippen molar-refractivity contribution in [2.24, 2.45) is 0 Å². The first-order valence-corrected chi connectivity index (χ1v) is 5.88. The fourth-order valence-electron chi connectivity index (χ4n) is 1.58. The number of rotatable bonds is 2. The lowest BCUT2D eigenvalue weighted by Crippen LogP contribution is -2.13. The molecule has 0 aliphatic carbocycles. The SMILES string of the molecule is Cc1ccc(NC(=O)c2ccc(F)cc2Cl)c(F)c1. The minimum Gasteiger partial charge on any atom is -0.319 e. The van der Waals surface area contributed by atoms with Crippen LogP contribution in [0.3, 0.4) is 0 Å². The van der Waals surface area contributed by atoms with Gasteiger partial charge in [-0.05, 0) is 42.8 Å². The molecule has 0 saturated carbocycles. The molecule has 2 aromatic rings. The van der Waals surface area contributed by atoms with Crippen LogP contribution in [0.4, 0.5) is 14.5 Å². The largest absolute Gasteiger partial charge is 0.319 e. The van der Waals surface area contributed by atoms with E-state index in [9.17, 15) is 13.6 Å². The smallest absolute Gasteiger partial charge is 0.257 e. The van der Waals surface area contributed by atoms with Crippen molar-refractivity contribution in [3.05, 3.63) is 64.2 Å². The van der Waals surface area contributed by atoms with E-state index in [1.807, 2.05) is 0 Å². The van der Waals surface area contributed by atoms with Gasteiger partial charge < -0.3 is 5.32 Å². The van der Waals surface area contributed by atoms with Gasteiger partial charge in [0.1, 0.15) is 11.6 Å². The van der Waals surface area contributed by atoms with E-state index in [0.29, 0.717) is 0 Å². The Kier molecular flexibility index (Phi) is 3.81. The lowest BCUT2D eigenvalue weighted by atomic mass is 10.2. The van der Waals surface area contributed by atoms with Crippen LogP contribution in [-0.4, -0.2) is 5.91 Å². The van der Waals surface area contributed by atoms with Crippen LogP contribution in [0, 0.1) is 18.6 Å². The van der Waals surface area contributed by atoms with Gasteiger partial charge in [0.05, 0.1) is 16.3 Å². The summed E-state index contributed by atoms with van der Waals surface area (Å²) in [6.45, 7) is 1.74. The summed E-state index contributed by atoms with van der Waals surface area (Å²) in [5, 5.41) is 2.37. The molecule has 1 N–H and O–H groups in total. The normalized spacial score (nSPS) is 10.3. The van der Waals surface area contributed by atoms with Gasteiger partial charge >= 0.3 is 0 Å². The molecule has 19 heavy (non-hydrogen) atoms. The highest BCUT2D eigenvalue weighted by atomic mass is 35.5. The van der Waals surface area contributed by atoms with Crippen LogP contribution < -0.4 is 5.32 Å². The third-order valence-electron chi connectivity index (χ3n) is 2.55. The second-order valence-electron chi connectivity index (χ2n) is 4.06. The van der Waals surface area contributed by atoms with Crippen molar-refractivity contribution in [3.63, 3.8) is 0 Å². The highest BCUT2D eigenvalue weighted by Crippen LogP contribution is 2.20. The Hall–Kier alpha value is -1.94. The number of halogens is 3. The van der Waals surface area contributed by atoms with E-state index in [1.54, 1.807) is 13.0 Å². The molecule has 0 aliphatic rings. The maximum Gasteiger partial charge on any atom is 0.257 e. The third kappa shape index (κ3) is 3.09. The molecule has 98 valence electrons. The number of hydrogen-bond acceptors (Lipinski definition) is 1. The van der Waals surface area contributed by atoms with E-state index < -0.39 is 17.5 Å². The van der Waals surface area contributed by atoms with Gasteiger partial charge in [0.25, 0.3) is 5.91 Å². The van der Waals surface area contributed by atoms with Gasteiger partial charge in [0.2, 0.25) is 0 Å². The molecule has 0 unspecified atom stereocenters. The Bertz CT molecular complexity index is 643. The molecule has 0 bridgehead atoms. The first-order chi connectivity index (χ1) is 8.97. The number of amides is 1. The van der Waals surface area contributed by atoms with Gasteiger partial charge in [-0.3, -0.25) is 4.79 Å². The minimum atomic E-state index is -0.590. The van der Waals surface area contributed by atoms with Crippen LogP contribution in [0.2, 0.25) is 5.02 Å². The molecule has 0 saturated heterocycles. The lowest BCUT2D eigenvalue weighted by molar-refractivity contribution is 0.102. The molecule has 2 nitrogen and oxygen atoms in total. The topological polar surface area (TPSA) is 29.1 Å². The van der Waals surface area contributed by atoms with Gasteiger partial charge in [-0.15, -0.1) is 0 Å². The number of nitrogens with one attached hydrogen (secondary N) is 1. The lowest BCUT2D eigenvalue weighted by Gasteiger charge is -2.08. The molecule has 2 aromatic carbocycles. The summed E-state index contributed by atoms with van der Waals surface area (Å²) >= 11 is 5.76. The van der Waals surface area contributed by atoms with Crippen LogP contribution in [0.15, 0.2) is 36.4 Å². The first kappa shape index (κ1) is 13.5. The summed E-state index contributed by atoms with van der Waals surface area (Å²) in [7, 11) is 0. The number of anilines is 1. The van der Waals surface area contributed by atoms with E-state index in [4.69, 9.17) is 11.6 Å². The average Bonchev–Trinajstić information content (AvgIpc) is 2.32. The molecule has 0 aromatic heterocycles. The predicted octanol–water partition coefficient (Wildman–Crippen LogP) is 4.18. The van der Waals surface area contributed by atoms with Crippen molar-refractivity contribution < 1.29 is 13.6 Å². The van der Waals surface area contributed by atoms with Crippen molar-refractivity contribution in [2.45, 2.75) is 6.92 Å². The summed E-state index contributed by atoms with van der Waals surface area (Å²) in [6, 6.07) is 7.83. The molecular weight excluding hydrogens is 272 g/mol. The minimum absolute atomic E-state index is 0.0231. The Morgan fingerprint density at radius 3 is 2.53 bits per heavy atom. The Morgan fingerprint density at radius 2 is 1.89 bits per heavy atom. The maximum absolute atomic E-state index is 13.6. The molecule has 0 spiro atoms. The zero-order valence-corrected chi connectivity index (χ0v) is 10.8. The van der Waals surface area contributed by atoms with Gasteiger partial charge in [-0.2, -0.15) is 0 Å². The zero-order chi connectivity index (χ0) is 14.0. The van der Waals surface area contributed by atoms with E-state index >= 15 is 0 Å². The van der Waals surface area contributed by atoms with Crippen LogP contribution in [0.1, 0.15) is 15.9 Å². The average molecular weight is 282 g/mol. The Balaban J connectivity index is 2.25. The number of hydrogen-bond donors (Lipinski definition) is 1. The van der Waals surface area contributed by atoms with Gasteiger partial charge in [-0.1, -0.05) is 17.7 Å². The molecular formula is C14H10ClF2NO. The second kappa shape index (κ2) is 5.36. The van der Waals surface area contributed by atoms with E-state index in [0.717, 1.165) is 17.7 Å². The fourth-order valence-corrected chi connectivity index (χ4v) is 1.84. The maximum atomic E-state index is 13.6. The molecule has 0 heterocycles. The van der Waals surface area contributed by atoms with Crippen molar-refractivity contribution in [1.29, 1.82) is 0 Å². The van der Waals surface area contributed by atoms with E-state index in [2.05, 4.69) is 5.32 Å². The van der Waals surface area contributed by atoms with Gasteiger partial charge in [0, 0.05) is 0 Å². The Morgan fingerprint density at radius 1 is 1.16 bits per heavy atom. The standard InChI is InChI=1S/C14H10ClF2NO/c1-8-2-5-13(12(17)6-8)18-14(19)10-4-3-9(16)7-11(10)15/h2-7H,1H3,(H,18,19). The third-order valence-corrected chi connectivity index (χ3v) is 2.86. The monoisotopic (exact) mass is 281 g/mol. The molecule has 0 fully saturated rings. The highest BCUT2D eigenvalue weighted by molar-refractivity contribution is 6.34. The van der Waals surface area contributed by atoms with Crippen LogP contribution in [0.5, 0.6) is 0 Å². The summed E-state index contributed by atoms with van der Waals surface area (Å²) in [6.07, 6.45) is 0. The molecule has 2 rings (SSSR count). The molecule has 5 heteroatoms. The van der Waals surface area contributed by atoms with Crippen molar-refractivity contribution in [3.8, 4) is 0 Å². The highest BCUT2D eigenvalue weighted by Gasteiger charge is 2.13. The zero-order valence-electron chi connectivity index (χ0n) is 10.0. The number of carbonyl (C=O) groups is 1. The molecule has 0 radical (unpaired) electrons. The van der Waals surface area contributed by atoms with E-state index in [-0.39, 0.29) is 16.3 Å².